The zero-order valence-corrected chi connectivity index (χ0v) is 24.2. The maximum Gasteiger partial charge on any atom is 0.299 e. The Morgan fingerprint density at radius 1 is 0.837 bits per heavy atom. The van der Waals surface area contributed by atoms with E-state index in [-0.39, 0.29) is 12.1 Å². The van der Waals surface area contributed by atoms with E-state index >= 15 is 0 Å². The summed E-state index contributed by atoms with van der Waals surface area (Å²) in [6.45, 7) is -0.327. The predicted molar refractivity (Wildman–Crippen MR) is 165 cm³/mol. The van der Waals surface area contributed by atoms with Gasteiger partial charge in [-0.2, -0.15) is 0 Å². The highest BCUT2D eigenvalue weighted by molar-refractivity contribution is 6.52. The number of carbonyl (C=O) groups excluding carboxylic acids is 4. The van der Waals surface area contributed by atoms with Gasteiger partial charge in [0.05, 0.1) is 18.4 Å². The van der Waals surface area contributed by atoms with Gasteiger partial charge < -0.3 is 19.9 Å². The van der Waals surface area contributed by atoms with Crippen molar-refractivity contribution < 1.29 is 23.9 Å². The van der Waals surface area contributed by atoms with Gasteiger partial charge in [-0.25, -0.2) is 0 Å². The number of Topliss-reactive ketones (excluding diaryl/α,β-unsaturated/α-hetero) is 1. The maximum absolute atomic E-state index is 14.2. The molecule has 1 unspecified atom stereocenters. The van der Waals surface area contributed by atoms with Crippen molar-refractivity contribution in [2.75, 3.05) is 42.9 Å². The number of nitrogens with zero attached hydrogens (tertiary/aromatic N) is 3. The zero-order valence-electron chi connectivity index (χ0n) is 24.2. The van der Waals surface area contributed by atoms with E-state index < -0.39 is 36.1 Å². The van der Waals surface area contributed by atoms with Crippen LogP contribution in [0.3, 0.4) is 0 Å². The molecule has 0 spiro atoms. The molecule has 1 aliphatic rings. The number of ether oxygens (including phenoxy) is 1. The van der Waals surface area contributed by atoms with E-state index in [9.17, 15) is 19.2 Å². The third-order valence-electron chi connectivity index (χ3n) is 7.33. The maximum atomic E-state index is 14.2. The SMILES string of the molecule is COc1ccc(C(C(=O)Nc2ccc(N(C)C)cc2)N(Cc2ccccc2)C(=O)CN2C(=O)C(=O)c3ccccc32)cc1. The van der Waals surface area contributed by atoms with Gasteiger partial charge in [-0.1, -0.05) is 54.6 Å². The second-order valence-electron chi connectivity index (χ2n) is 10.4. The molecule has 1 atom stereocenters. The van der Waals surface area contributed by atoms with Crippen molar-refractivity contribution >= 4 is 40.6 Å². The van der Waals surface area contributed by atoms with Crippen molar-refractivity contribution in [3.05, 3.63) is 120 Å². The van der Waals surface area contributed by atoms with E-state index in [1.165, 1.54) is 9.80 Å². The van der Waals surface area contributed by atoms with Crippen LogP contribution in [-0.4, -0.2) is 56.2 Å². The summed E-state index contributed by atoms with van der Waals surface area (Å²) in [5.74, 6) is -1.78. The van der Waals surface area contributed by atoms with Crippen LogP contribution in [0.15, 0.2) is 103 Å². The summed E-state index contributed by atoms with van der Waals surface area (Å²) in [4.78, 5) is 58.5. The Kier molecular flexibility index (Phi) is 8.52. The smallest absolute Gasteiger partial charge is 0.299 e. The summed E-state index contributed by atoms with van der Waals surface area (Å²) in [6, 6.07) is 29.1. The first-order valence-corrected chi connectivity index (χ1v) is 13.8. The highest BCUT2D eigenvalue weighted by Gasteiger charge is 2.39. The lowest BCUT2D eigenvalue weighted by molar-refractivity contribution is -0.139. The van der Waals surface area contributed by atoms with Crippen LogP contribution in [0.25, 0.3) is 0 Å². The Morgan fingerprint density at radius 2 is 1.49 bits per heavy atom. The average molecular weight is 577 g/mol. The second-order valence-corrected chi connectivity index (χ2v) is 10.4. The van der Waals surface area contributed by atoms with E-state index in [0.29, 0.717) is 22.7 Å². The van der Waals surface area contributed by atoms with Gasteiger partial charge in [-0.15, -0.1) is 0 Å². The Labute approximate surface area is 250 Å². The summed E-state index contributed by atoms with van der Waals surface area (Å²) in [5, 5.41) is 2.96. The van der Waals surface area contributed by atoms with Crippen molar-refractivity contribution in [1.29, 1.82) is 0 Å². The van der Waals surface area contributed by atoms with E-state index in [0.717, 1.165) is 11.3 Å². The van der Waals surface area contributed by atoms with E-state index in [2.05, 4.69) is 5.32 Å². The summed E-state index contributed by atoms with van der Waals surface area (Å²) < 4.78 is 5.32. The number of anilines is 3. The molecule has 0 radical (unpaired) electrons. The van der Waals surface area contributed by atoms with Crippen molar-refractivity contribution in [2.24, 2.45) is 0 Å². The molecule has 5 rings (SSSR count). The van der Waals surface area contributed by atoms with Crippen LogP contribution in [-0.2, 0) is 20.9 Å². The minimum atomic E-state index is -1.07. The molecule has 1 heterocycles. The third-order valence-corrected chi connectivity index (χ3v) is 7.33. The van der Waals surface area contributed by atoms with Crippen LogP contribution in [0.4, 0.5) is 17.1 Å². The number of amides is 3. The number of nitrogens with one attached hydrogen (secondary N) is 1. The first kappa shape index (κ1) is 29.1. The molecular weight excluding hydrogens is 544 g/mol. The first-order chi connectivity index (χ1) is 20.8. The fourth-order valence-corrected chi connectivity index (χ4v) is 5.05. The lowest BCUT2D eigenvalue weighted by Gasteiger charge is -2.33. The molecule has 1 N–H and O–H groups in total. The molecule has 4 aromatic rings. The van der Waals surface area contributed by atoms with Crippen molar-refractivity contribution in [3.63, 3.8) is 0 Å². The number of ketones is 1. The first-order valence-electron chi connectivity index (χ1n) is 13.8. The molecule has 9 heteroatoms. The van der Waals surface area contributed by atoms with Crippen LogP contribution in [0, 0.1) is 0 Å². The largest absolute Gasteiger partial charge is 0.497 e. The molecule has 0 bridgehead atoms. The molecular formula is C34H32N4O5. The van der Waals surface area contributed by atoms with Crippen molar-refractivity contribution in [1.82, 2.24) is 4.90 Å². The Bertz CT molecular complexity index is 1640. The molecule has 0 fully saturated rings. The van der Waals surface area contributed by atoms with Gasteiger partial charge in [0, 0.05) is 32.0 Å². The summed E-state index contributed by atoms with van der Waals surface area (Å²) in [7, 11) is 5.41. The molecule has 3 amide bonds. The van der Waals surface area contributed by atoms with E-state index in [4.69, 9.17) is 4.74 Å². The fraction of sp³-hybridized carbons (Fsp3) is 0.176. The molecule has 9 nitrogen and oxygen atoms in total. The molecule has 1 aliphatic heterocycles. The lowest BCUT2D eigenvalue weighted by atomic mass is 10.0. The van der Waals surface area contributed by atoms with Gasteiger partial charge in [0.25, 0.3) is 17.6 Å². The van der Waals surface area contributed by atoms with Gasteiger partial charge in [0.2, 0.25) is 5.91 Å². The van der Waals surface area contributed by atoms with Crippen LogP contribution in [0.2, 0.25) is 0 Å². The summed E-state index contributed by atoms with van der Waals surface area (Å²) in [5.41, 5.74) is 3.50. The summed E-state index contributed by atoms with van der Waals surface area (Å²) in [6.07, 6.45) is 0. The standard InChI is InChI=1S/C34H32N4O5/c1-36(2)26-17-15-25(16-18-26)35-33(41)31(24-13-19-27(43-3)20-14-24)38(21-23-9-5-4-6-10-23)30(39)22-37-29-12-8-7-11-28(29)32(40)34(37)42/h4-20,31H,21-22H2,1-3H3,(H,35,41). The number of methoxy groups -OCH3 is 1. The van der Waals surface area contributed by atoms with Crippen molar-refractivity contribution in [2.45, 2.75) is 12.6 Å². The normalized spacial score (nSPS) is 12.9. The van der Waals surface area contributed by atoms with Gasteiger partial charge in [0.1, 0.15) is 18.3 Å². The highest BCUT2D eigenvalue weighted by atomic mass is 16.5. The number of para-hydroxylation sites is 1. The second kappa shape index (κ2) is 12.6. The Hall–Kier alpha value is -5.44. The topological polar surface area (TPSA) is 99.3 Å². The minimum absolute atomic E-state index is 0.0843. The average Bonchev–Trinajstić information content (AvgIpc) is 3.26. The molecule has 0 saturated carbocycles. The number of rotatable bonds is 10. The molecule has 4 aromatic carbocycles. The fourth-order valence-electron chi connectivity index (χ4n) is 5.05. The van der Waals surface area contributed by atoms with Crippen LogP contribution < -0.4 is 19.9 Å². The third kappa shape index (κ3) is 6.25. The van der Waals surface area contributed by atoms with Crippen LogP contribution in [0.5, 0.6) is 5.75 Å². The number of hydrogen-bond donors (Lipinski definition) is 1. The molecule has 218 valence electrons. The van der Waals surface area contributed by atoms with Crippen LogP contribution in [0.1, 0.15) is 27.5 Å². The lowest BCUT2D eigenvalue weighted by Crippen LogP contribution is -2.46. The number of hydrogen-bond acceptors (Lipinski definition) is 6. The molecule has 0 aromatic heterocycles. The Morgan fingerprint density at radius 3 is 2.14 bits per heavy atom. The number of benzene rings is 4. The molecule has 43 heavy (non-hydrogen) atoms. The van der Waals surface area contributed by atoms with Gasteiger partial charge >= 0.3 is 0 Å². The monoisotopic (exact) mass is 576 g/mol. The molecule has 0 saturated heterocycles. The van der Waals surface area contributed by atoms with Crippen LogP contribution >= 0.6 is 0 Å². The number of fused-ring (bicyclic) bond motifs is 1. The van der Waals surface area contributed by atoms with Crippen molar-refractivity contribution in [3.8, 4) is 5.75 Å². The summed E-state index contributed by atoms with van der Waals surface area (Å²) >= 11 is 0. The number of carbonyl (C=O) groups is 4. The zero-order chi connectivity index (χ0) is 30.5. The quantitative estimate of drug-likeness (QED) is 0.275. The highest BCUT2D eigenvalue weighted by Crippen LogP contribution is 2.31. The van der Waals surface area contributed by atoms with E-state index in [1.54, 1.807) is 67.8 Å². The molecule has 0 aliphatic carbocycles. The predicted octanol–water partition coefficient (Wildman–Crippen LogP) is 4.70. The van der Waals surface area contributed by atoms with Gasteiger partial charge in [-0.05, 0) is 59.7 Å². The van der Waals surface area contributed by atoms with Gasteiger partial charge in [-0.3, -0.25) is 24.1 Å². The minimum Gasteiger partial charge on any atom is -0.497 e. The van der Waals surface area contributed by atoms with Gasteiger partial charge in [0.15, 0.2) is 0 Å². The Balaban J connectivity index is 1.53. The van der Waals surface area contributed by atoms with E-state index in [1.807, 2.05) is 61.5 Å².